The third kappa shape index (κ3) is 2.00. The van der Waals surface area contributed by atoms with Crippen LogP contribution in [-0.2, 0) is 15.9 Å². The molecule has 2 atom stereocenters. The summed E-state index contributed by atoms with van der Waals surface area (Å²) in [7, 11) is 0. The Bertz CT molecular complexity index is 400. The van der Waals surface area contributed by atoms with Gasteiger partial charge in [-0.1, -0.05) is 24.3 Å². The summed E-state index contributed by atoms with van der Waals surface area (Å²) in [5, 5.41) is 0. The third-order valence-electron chi connectivity index (χ3n) is 4.25. The second-order valence-corrected chi connectivity index (χ2v) is 5.81. The van der Waals surface area contributed by atoms with Gasteiger partial charge in [-0.2, -0.15) is 0 Å². The van der Waals surface area contributed by atoms with Crippen molar-refractivity contribution in [3.63, 3.8) is 0 Å². The van der Waals surface area contributed by atoms with E-state index in [0.717, 1.165) is 32.5 Å². The Labute approximate surface area is 103 Å². The minimum atomic E-state index is -0.0656. The molecule has 2 unspecified atom stereocenters. The zero-order valence-corrected chi connectivity index (χ0v) is 10.7. The number of hydrogen-bond donors (Lipinski definition) is 0. The van der Waals surface area contributed by atoms with E-state index in [-0.39, 0.29) is 11.2 Å². The van der Waals surface area contributed by atoms with Crippen molar-refractivity contribution in [3.05, 3.63) is 35.4 Å². The van der Waals surface area contributed by atoms with Crippen LogP contribution in [0.2, 0.25) is 0 Å². The van der Waals surface area contributed by atoms with E-state index in [9.17, 15) is 0 Å². The van der Waals surface area contributed by atoms with Crippen molar-refractivity contribution in [1.29, 1.82) is 0 Å². The van der Waals surface area contributed by atoms with Gasteiger partial charge in [-0.05, 0) is 37.8 Å². The maximum atomic E-state index is 6.10. The summed E-state index contributed by atoms with van der Waals surface area (Å²) in [5.41, 5.74) is 2.66. The molecule has 1 aromatic carbocycles. The first kappa shape index (κ1) is 11.2. The van der Waals surface area contributed by atoms with Crippen LogP contribution in [0, 0.1) is 6.92 Å². The van der Waals surface area contributed by atoms with E-state index in [1.165, 1.54) is 11.1 Å². The molecule has 0 saturated carbocycles. The number of ether oxygens (including phenoxy) is 2. The van der Waals surface area contributed by atoms with Crippen molar-refractivity contribution in [2.24, 2.45) is 0 Å². The van der Waals surface area contributed by atoms with Crippen molar-refractivity contribution in [2.45, 2.75) is 44.3 Å². The van der Waals surface area contributed by atoms with Gasteiger partial charge >= 0.3 is 0 Å². The number of fused-ring (bicyclic) bond motifs is 3. The lowest BCUT2D eigenvalue weighted by Crippen LogP contribution is -2.59. The highest BCUT2D eigenvalue weighted by Gasteiger charge is 2.48. The first-order valence-electron chi connectivity index (χ1n) is 6.43. The molecule has 3 aliphatic rings. The van der Waals surface area contributed by atoms with E-state index >= 15 is 0 Å². The van der Waals surface area contributed by atoms with Crippen LogP contribution >= 0.6 is 0 Å². The molecule has 0 radical (unpaired) electrons. The van der Waals surface area contributed by atoms with Gasteiger partial charge in [0.05, 0.1) is 24.4 Å². The van der Waals surface area contributed by atoms with Crippen LogP contribution in [0.3, 0.4) is 0 Å². The monoisotopic (exact) mass is 232 g/mol. The van der Waals surface area contributed by atoms with Crippen LogP contribution in [0.25, 0.3) is 0 Å². The van der Waals surface area contributed by atoms with Gasteiger partial charge in [-0.25, -0.2) is 0 Å². The number of aryl methyl sites for hydroxylation is 1. The Balaban J connectivity index is 1.80. The van der Waals surface area contributed by atoms with Gasteiger partial charge in [0.15, 0.2) is 0 Å². The lowest BCUT2D eigenvalue weighted by atomic mass is 9.80. The smallest absolute Gasteiger partial charge is 0.0957 e. The molecule has 92 valence electrons. The molecule has 4 rings (SSSR count). The Morgan fingerprint density at radius 2 is 1.94 bits per heavy atom. The fraction of sp³-hybridized carbons (Fsp3) is 0.600. The molecule has 17 heavy (non-hydrogen) atoms. The lowest BCUT2D eigenvalue weighted by Gasteiger charge is -2.51. The topological polar surface area (TPSA) is 18.5 Å². The molecule has 3 saturated heterocycles. The highest BCUT2D eigenvalue weighted by molar-refractivity contribution is 5.27. The van der Waals surface area contributed by atoms with E-state index in [4.69, 9.17) is 9.47 Å². The van der Waals surface area contributed by atoms with Gasteiger partial charge in [0, 0.05) is 6.42 Å². The first-order valence-corrected chi connectivity index (χ1v) is 6.43. The SMILES string of the molecule is Cc1ccccc1CC12CCC(C)(CO1)OC2. The Morgan fingerprint density at radius 1 is 1.12 bits per heavy atom. The summed E-state index contributed by atoms with van der Waals surface area (Å²) in [4.78, 5) is 0. The summed E-state index contributed by atoms with van der Waals surface area (Å²) in [6, 6.07) is 8.57. The van der Waals surface area contributed by atoms with Crippen molar-refractivity contribution < 1.29 is 9.47 Å². The highest BCUT2D eigenvalue weighted by atomic mass is 16.6. The average Bonchev–Trinajstić information content (AvgIpc) is 2.35. The summed E-state index contributed by atoms with van der Waals surface area (Å²) < 4.78 is 12.1. The minimum Gasteiger partial charge on any atom is -0.370 e. The average molecular weight is 232 g/mol. The Kier molecular flexibility index (Phi) is 2.53. The molecular formula is C15H20O2. The van der Waals surface area contributed by atoms with Crippen LogP contribution < -0.4 is 0 Å². The molecule has 2 bridgehead atoms. The highest BCUT2D eigenvalue weighted by Crippen LogP contribution is 2.41. The molecule has 0 N–H and O–H groups in total. The zero-order chi connectivity index (χ0) is 11.9. The van der Waals surface area contributed by atoms with Gasteiger partial charge in [-0.15, -0.1) is 0 Å². The standard InChI is InChI=1S/C15H20O2/c1-12-5-3-4-6-13(12)9-15-8-7-14(2,10-17-15)16-11-15/h3-6H,7-11H2,1-2H3. The lowest BCUT2D eigenvalue weighted by molar-refractivity contribution is -0.271. The fourth-order valence-electron chi connectivity index (χ4n) is 2.82. The van der Waals surface area contributed by atoms with Gasteiger partial charge in [-0.3, -0.25) is 0 Å². The molecule has 3 fully saturated rings. The largest absolute Gasteiger partial charge is 0.370 e. The van der Waals surface area contributed by atoms with Crippen molar-refractivity contribution in [2.75, 3.05) is 13.2 Å². The maximum Gasteiger partial charge on any atom is 0.0957 e. The summed E-state index contributed by atoms with van der Waals surface area (Å²) in [6.07, 6.45) is 3.23. The van der Waals surface area contributed by atoms with Crippen molar-refractivity contribution in [1.82, 2.24) is 0 Å². The molecule has 3 aliphatic heterocycles. The second-order valence-electron chi connectivity index (χ2n) is 5.81. The predicted molar refractivity (Wildman–Crippen MR) is 67.2 cm³/mol. The second kappa shape index (κ2) is 3.82. The molecule has 0 amide bonds. The molecule has 0 aromatic heterocycles. The van der Waals surface area contributed by atoms with Gasteiger partial charge in [0.2, 0.25) is 0 Å². The van der Waals surface area contributed by atoms with Crippen molar-refractivity contribution in [3.8, 4) is 0 Å². The molecule has 3 heterocycles. The fourth-order valence-corrected chi connectivity index (χ4v) is 2.82. The first-order chi connectivity index (χ1) is 8.11. The van der Waals surface area contributed by atoms with Gasteiger partial charge in [0.25, 0.3) is 0 Å². The van der Waals surface area contributed by atoms with Crippen LogP contribution in [0.1, 0.15) is 30.9 Å². The summed E-state index contributed by atoms with van der Waals surface area (Å²) in [5.74, 6) is 0. The Hall–Kier alpha value is -0.860. The van der Waals surface area contributed by atoms with Gasteiger partial charge < -0.3 is 9.47 Å². The van der Waals surface area contributed by atoms with Crippen LogP contribution in [0.5, 0.6) is 0 Å². The third-order valence-corrected chi connectivity index (χ3v) is 4.25. The molecule has 0 aliphatic carbocycles. The zero-order valence-electron chi connectivity index (χ0n) is 10.7. The van der Waals surface area contributed by atoms with Crippen molar-refractivity contribution >= 4 is 0 Å². The number of rotatable bonds is 2. The number of benzene rings is 1. The molecule has 2 nitrogen and oxygen atoms in total. The van der Waals surface area contributed by atoms with Crippen LogP contribution in [0.4, 0.5) is 0 Å². The molecule has 0 spiro atoms. The quantitative estimate of drug-likeness (QED) is 0.780. The maximum absolute atomic E-state index is 6.10. The van der Waals surface area contributed by atoms with E-state index < -0.39 is 0 Å². The summed E-state index contributed by atoms with van der Waals surface area (Å²) >= 11 is 0. The molecule has 1 aromatic rings. The van der Waals surface area contributed by atoms with E-state index in [0.29, 0.717) is 0 Å². The summed E-state index contributed by atoms with van der Waals surface area (Å²) in [6.45, 7) is 5.82. The van der Waals surface area contributed by atoms with E-state index in [1.54, 1.807) is 0 Å². The van der Waals surface area contributed by atoms with E-state index in [1.807, 2.05) is 0 Å². The molecular weight excluding hydrogens is 212 g/mol. The van der Waals surface area contributed by atoms with Gasteiger partial charge in [0.1, 0.15) is 0 Å². The minimum absolute atomic E-state index is 0.0204. The number of hydrogen-bond acceptors (Lipinski definition) is 2. The van der Waals surface area contributed by atoms with E-state index in [2.05, 4.69) is 38.1 Å². The Morgan fingerprint density at radius 3 is 2.53 bits per heavy atom. The van der Waals surface area contributed by atoms with Crippen LogP contribution in [-0.4, -0.2) is 24.4 Å². The predicted octanol–water partition coefficient (Wildman–Crippen LogP) is 2.88. The van der Waals surface area contributed by atoms with Crippen LogP contribution in [0.15, 0.2) is 24.3 Å². The molecule has 2 heteroatoms. The normalized spacial score (nSPS) is 36.1.